The molecular formula is C22H24ClN3O5S2. The molecule has 0 aromatic heterocycles. The van der Waals surface area contributed by atoms with Gasteiger partial charge in [-0.15, -0.1) is 11.8 Å². The molecule has 0 unspecified atom stereocenters. The maximum Gasteiger partial charge on any atom is 0.244 e. The number of ether oxygens (including phenoxy) is 1. The van der Waals surface area contributed by atoms with E-state index in [-0.39, 0.29) is 36.4 Å². The molecule has 0 spiro atoms. The Kier molecular flexibility index (Phi) is 7.30. The van der Waals surface area contributed by atoms with E-state index in [0.29, 0.717) is 35.4 Å². The van der Waals surface area contributed by atoms with E-state index in [0.717, 1.165) is 4.90 Å². The Morgan fingerprint density at radius 3 is 2.67 bits per heavy atom. The smallest absolute Gasteiger partial charge is 0.244 e. The van der Waals surface area contributed by atoms with Crippen LogP contribution >= 0.6 is 23.4 Å². The van der Waals surface area contributed by atoms with Gasteiger partial charge in [0.15, 0.2) is 0 Å². The summed E-state index contributed by atoms with van der Waals surface area (Å²) in [5, 5.41) is 3.11. The molecule has 2 aliphatic rings. The summed E-state index contributed by atoms with van der Waals surface area (Å²) < 4.78 is 33.0. The Bertz CT molecular complexity index is 1170. The number of carbonyl (C=O) groups is 2. The van der Waals surface area contributed by atoms with Gasteiger partial charge >= 0.3 is 0 Å². The predicted octanol–water partition coefficient (Wildman–Crippen LogP) is 3.07. The van der Waals surface area contributed by atoms with Gasteiger partial charge in [0, 0.05) is 29.7 Å². The minimum Gasteiger partial charge on any atom is -0.379 e. The summed E-state index contributed by atoms with van der Waals surface area (Å²) >= 11 is 7.61. The van der Waals surface area contributed by atoms with Crippen molar-refractivity contribution in [2.45, 2.75) is 16.7 Å². The van der Waals surface area contributed by atoms with E-state index >= 15 is 0 Å². The van der Waals surface area contributed by atoms with Gasteiger partial charge in [0.25, 0.3) is 0 Å². The molecule has 0 saturated carbocycles. The van der Waals surface area contributed by atoms with Gasteiger partial charge in [-0.25, -0.2) is 8.42 Å². The predicted molar refractivity (Wildman–Crippen MR) is 128 cm³/mol. The standard InChI is InChI=1S/C22H24ClN3O5S2/c1-15-14-32-20-7-6-16(33(29,30)25-8-10-31-11-9-25)12-19(20)26(22(15)28)13-21(27)24-18-5-3-2-4-17(18)23/h2-7,12,15H,8-11,13-14H2,1H3,(H,24,27)/t15-/m0/s1. The van der Waals surface area contributed by atoms with Crippen molar-refractivity contribution in [1.29, 1.82) is 0 Å². The third-order valence-corrected chi connectivity index (χ3v) is 9.00. The fourth-order valence-electron chi connectivity index (χ4n) is 3.66. The van der Waals surface area contributed by atoms with Crippen LogP contribution in [0.2, 0.25) is 5.02 Å². The number of anilines is 2. The lowest BCUT2D eigenvalue weighted by molar-refractivity contribution is -0.123. The number of fused-ring (bicyclic) bond motifs is 1. The molecule has 2 heterocycles. The number of thioether (sulfide) groups is 1. The highest BCUT2D eigenvalue weighted by molar-refractivity contribution is 7.99. The Hall–Kier alpha value is -2.11. The van der Waals surface area contributed by atoms with E-state index in [4.69, 9.17) is 16.3 Å². The zero-order valence-electron chi connectivity index (χ0n) is 18.0. The number of carbonyl (C=O) groups excluding carboxylic acids is 2. The van der Waals surface area contributed by atoms with Crippen molar-refractivity contribution in [3.8, 4) is 0 Å². The largest absolute Gasteiger partial charge is 0.379 e. The molecule has 0 bridgehead atoms. The number of hydrogen-bond donors (Lipinski definition) is 1. The van der Waals surface area contributed by atoms with Gasteiger partial charge in [-0.2, -0.15) is 4.31 Å². The molecule has 33 heavy (non-hydrogen) atoms. The van der Waals surface area contributed by atoms with Gasteiger partial charge in [-0.3, -0.25) is 9.59 Å². The highest BCUT2D eigenvalue weighted by Crippen LogP contribution is 2.38. The van der Waals surface area contributed by atoms with Crippen molar-refractivity contribution >= 4 is 56.6 Å². The minimum absolute atomic E-state index is 0.0858. The lowest BCUT2D eigenvalue weighted by Gasteiger charge is -2.27. The molecule has 4 rings (SSSR count). The van der Waals surface area contributed by atoms with E-state index in [1.807, 2.05) is 0 Å². The first kappa shape index (κ1) is 24.0. The first-order valence-electron chi connectivity index (χ1n) is 10.5. The maximum atomic E-state index is 13.2. The fraction of sp³-hybridized carbons (Fsp3) is 0.364. The van der Waals surface area contributed by atoms with Crippen molar-refractivity contribution in [2.24, 2.45) is 5.92 Å². The second kappa shape index (κ2) is 10.0. The summed E-state index contributed by atoms with van der Waals surface area (Å²) in [6.07, 6.45) is 0. The van der Waals surface area contributed by atoms with E-state index in [1.165, 1.54) is 27.0 Å². The Balaban J connectivity index is 1.66. The van der Waals surface area contributed by atoms with Gasteiger partial charge in [0.1, 0.15) is 6.54 Å². The molecule has 8 nitrogen and oxygen atoms in total. The number of morpholine rings is 1. The third-order valence-electron chi connectivity index (χ3n) is 5.46. The van der Waals surface area contributed by atoms with Crippen LogP contribution in [0.1, 0.15) is 6.92 Å². The van der Waals surface area contributed by atoms with Crippen LogP contribution in [0.3, 0.4) is 0 Å². The summed E-state index contributed by atoms with van der Waals surface area (Å²) in [7, 11) is -3.76. The number of sulfonamides is 1. The second-order valence-corrected chi connectivity index (χ2v) is 11.2. The zero-order chi connectivity index (χ0) is 23.6. The van der Waals surface area contributed by atoms with Crippen LogP contribution in [0.4, 0.5) is 11.4 Å². The molecular weight excluding hydrogens is 486 g/mol. The number of hydrogen-bond acceptors (Lipinski definition) is 6. The highest BCUT2D eigenvalue weighted by Gasteiger charge is 2.32. The zero-order valence-corrected chi connectivity index (χ0v) is 20.4. The molecule has 1 atom stereocenters. The number of amides is 2. The topological polar surface area (TPSA) is 96.0 Å². The average molecular weight is 510 g/mol. The van der Waals surface area contributed by atoms with Gasteiger partial charge in [0.2, 0.25) is 21.8 Å². The van der Waals surface area contributed by atoms with Crippen molar-refractivity contribution in [1.82, 2.24) is 4.31 Å². The lowest BCUT2D eigenvalue weighted by atomic mass is 10.1. The van der Waals surface area contributed by atoms with Crippen LogP contribution < -0.4 is 10.2 Å². The van der Waals surface area contributed by atoms with Crippen LogP contribution in [0.5, 0.6) is 0 Å². The van der Waals surface area contributed by atoms with Crippen LogP contribution in [-0.2, 0) is 24.3 Å². The highest BCUT2D eigenvalue weighted by atomic mass is 35.5. The molecule has 2 aromatic rings. The fourth-order valence-corrected chi connectivity index (χ4v) is 6.32. The molecule has 176 valence electrons. The first-order valence-corrected chi connectivity index (χ1v) is 13.3. The van der Waals surface area contributed by atoms with Crippen molar-refractivity contribution < 1.29 is 22.7 Å². The summed E-state index contributed by atoms with van der Waals surface area (Å²) in [5.41, 5.74) is 0.857. The Labute approximate surface area is 202 Å². The van der Waals surface area contributed by atoms with Crippen molar-refractivity contribution in [3.63, 3.8) is 0 Å². The molecule has 1 N–H and O–H groups in total. The van der Waals surface area contributed by atoms with Crippen LogP contribution in [-0.4, -0.2) is 63.1 Å². The van der Waals surface area contributed by atoms with E-state index in [2.05, 4.69) is 5.32 Å². The number of halogens is 1. The van der Waals surface area contributed by atoms with E-state index in [9.17, 15) is 18.0 Å². The normalized spacial score (nSPS) is 19.6. The SMILES string of the molecule is C[C@H]1CSc2ccc(S(=O)(=O)N3CCOCC3)cc2N(CC(=O)Nc2ccccc2Cl)C1=O. The van der Waals surface area contributed by atoms with Gasteiger partial charge < -0.3 is 15.0 Å². The molecule has 2 aromatic carbocycles. The van der Waals surface area contributed by atoms with Crippen molar-refractivity contribution in [3.05, 3.63) is 47.5 Å². The second-order valence-electron chi connectivity index (χ2n) is 7.81. The van der Waals surface area contributed by atoms with Crippen LogP contribution in [0.15, 0.2) is 52.3 Å². The van der Waals surface area contributed by atoms with Crippen LogP contribution in [0, 0.1) is 5.92 Å². The molecule has 2 aliphatic heterocycles. The monoisotopic (exact) mass is 509 g/mol. The first-order chi connectivity index (χ1) is 15.8. The summed E-state index contributed by atoms with van der Waals surface area (Å²) in [4.78, 5) is 28.2. The number of nitrogens with one attached hydrogen (secondary N) is 1. The lowest BCUT2D eigenvalue weighted by Crippen LogP contribution is -2.42. The molecule has 2 amide bonds. The average Bonchev–Trinajstić information content (AvgIpc) is 2.93. The molecule has 0 radical (unpaired) electrons. The summed E-state index contributed by atoms with van der Waals surface area (Å²) in [6.45, 7) is 2.76. The quantitative estimate of drug-likeness (QED) is 0.665. The third kappa shape index (κ3) is 5.20. The van der Waals surface area contributed by atoms with Crippen molar-refractivity contribution in [2.75, 3.05) is 48.8 Å². The van der Waals surface area contributed by atoms with E-state index in [1.54, 1.807) is 43.3 Å². The maximum absolute atomic E-state index is 13.2. The Morgan fingerprint density at radius 2 is 1.94 bits per heavy atom. The number of nitrogens with zero attached hydrogens (tertiary/aromatic N) is 2. The number of benzene rings is 2. The van der Waals surface area contributed by atoms with Crippen LogP contribution in [0.25, 0.3) is 0 Å². The molecule has 1 fully saturated rings. The molecule has 11 heteroatoms. The summed E-state index contributed by atoms with van der Waals surface area (Å²) in [5.74, 6) is -0.474. The number of para-hydroxylation sites is 1. The Morgan fingerprint density at radius 1 is 1.21 bits per heavy atom. The number of rotatable bonds is 5. The van der Waals surface area contributed by atoms with E-state index < -0.39 is 15.9 Å². The van der Waals surface area contributed by atoms with Gasteiger partial charge in [0.05, 0.1) is 34.5 Å². The van der Waals surface area contributed by atoms with Gasteiger partial charge in [-0.05, 0) is 30.3 Å². The minimum atomic E-state index is -3.76. The summed E-state index contributed by atoms with van der Waals surface area (Å²) in [6, 6.07) is 11.6. The molecule has 0 aliphatic carbocycles. The molecule has 1 saturated heterocycles. The van der Waals surface area contributed by atoms with Gasteiger partial charge in [-0.1, -0.05) is 30.7 Å².